The van der Waals surface area contributed by atoms with Gasteiger partial charge in [0.25, 0.3) is 0 Å². The predicted octanol–water partition coefficient (Wildman–Crippen LogP) is 0.371. The van der Waals surface area contributed by atoms with Crippen molar-refractivity contribution in [2.24, 2.45) is 5.92 Å². The van der Waals surface area contributed by atoms with Crippen LogP contribution < -0.4 is 0 Å². The van der Waals surface area contributed by atoms with E-state index in [9.17, 15) is 4.79 Å². The van der Waals surface area contributed by atoms with Gasteiger partial charge in [-0.3, -0.25) is 0 Å². The largest absolute Gasteiger partial charge is 0.393 e. The Morgan fingerprint density at radius 1 is 1.38 bits per heavy atom. The van der Waals surface area contributed by atoms with Crippen molar-refractivity contribution in [2.45, 2.75) is 18.9 Å². The molecule has 0 aliphatic heterocycles. The first-order chi connectivity index (χ1) is 6.00. The second-order valence-electron chi connectivity index (χ2n) is 4.05. The van der Waals surface area contributed by atoms with Crippen molar-refractivity contribution in [3.8, 4) is 0 Å². The van der Waals surface area contributed by atoms with E-state index < -0.39 is 0 Å². The zero-order valence-electron chi connectivity index (χ0n) is 8.53. The van der Waals surface area contributed by atoms with Crippen LogP contribution in [-0.4, -0.2) is 54.7 Å². The molecule has 0 aromatic heterocycles. The molecular weight excluding hydrogens is 168 g/mol. The summed E-state index contributed by atoms with van der Waals surface area (Å²) in [6.07, 6.45) is 1.55. The Bertz CT molecular complexity index is 188. The molecule has 0 aromatic rings. The maximum absolute atomic E-state index is 11.4. The normalized spacial score (nSPS) is 26.5. The highest BCUT2D eigenvalue weighted by atomic mass is 16.3. The van der Waals surface area contributed by atoms with Gasteiger partial charge in [0.2, 0.25) is 0 Å². The Morgan fingerprint density at radius 3 is 2.31 bits per heavy atom. The third kappa shape index (κ3) is 2.59. The summed E-state index contributed by atoms with van der Waals surface area (Å²) in [5.74, 6) is 0.490. The molecule has 0 bridgehead atoms. The summed E-state index contributed by atoms with van der Waals surface area (Å²) in [5.41, 5.74) is 0. The van der Waals surface area contributed by atoms with Gasteiger partial charge in [-0.1, -0.05) is 0 Å². The molecule has 1 rings (SSSR count). The number of aliphatic hydroxyl groups excluding tert-OH is 1. The highest BCUT2D eigenvalue weighted by Crippen LogP contribution is 2.27. The third-order valence-corrected chi connectivity index (χ3v) is 2.45. The maximum Gasteiger partial charge on any atom is 0.319 e. The molecule has 1 fully saturated rings. The molecule has 1 saturated carbocycles. The summed E-state index contributed by atoms with van der Waals surface area (Å²) in [4.78, 5) is 14.7. The fraction of sp³-hybridized carbons (Fsp3) is 0.889. The van der Waals surface area contributed by atoms with E-state index in [1.54, 1.807) is 30.9 Å². The number of hydrogen-bond acceptors (Lipinski definition) is 2. The van der Waals surface area contributed by atoms with E-state index in [4.69, 9.17) is 5.11 Å². The van der Waals surface area contributed by atoms with Crippen LogP contribution >= 0.6 is 0 Å². The third-order valence-electron chi connectivity index (χ3n) is 2.45. The molecule has 2 amide bonds. The van der Waals surface area contributed by atoms with Gasteiger partial charge >= 0.3 is 6.03 Å². The van der Waals surface area contributed by atoms with Crippen LogP contribution in [0, 0.1) is 5.92 Å². The van der Waals surface area contributed by atoms with Crippen LogP contribution in [0.2, 0.25) is 0 Å². The van der Waals surface area contributed by atoms with E-state index in [2.05, 4.69) is 0 Å². The maximum atomic E-state index is 11.4. The molecule has 1 aliphatic rings. The number of hydrogen-bond donors (Lipinski definition) is 1. The average molecular weight is 186 g/mol. The van der Waals surface area contributed by atoms with E-state index in [1.807, 2.05) is 0 Å². The molecule has 76 valence electrons. The van der Waals surface area contributed by atoms with Gasteiger partial charge in [-0.2, -0.15) is 0 Å². The highest BCUT2D eigenvalue weighted by Gasteiger charge is 2.29. The first-order valence-electron chi connectivity index (χ1n) is 4.61. The summed E-state index contributed by atoms with van der Waals surface area (Å²) in [5, 5.41) is 9.07. The van der Waals surface area contributed by atoms with E-state index >= 15 is 0 Å². The quantitative estimate of drug-likeness (QED) is 0.677. The molecule has 0 atom stereocenters. The van der Waals surface area contributed by atoms with Crippen molar-refractivity contribution in [2.75, 3.05) is 27.7 Å². The molecule has 0 unspecified atom stereocenters. The molecule has 1 aliphatic carbocycles. The van der Waals surface area contributed by atoms with Crippen molar-refractivity contribution in [1.29, 1.82) is 0 Å². The minimum absolute atomic E-state index is 0.0291. The number of rotatable bonds is 2. The fourth-order valence-electron chi connectivity index (χ4n) is 1.66. The van der Waals surface area contributed by atoms with Gasteiger partial charge in [-0.25, -0.2) is 4.79 Å². The van der Waals surface area contributed by atoms with E-state index in [-0.39, 0.29) is 12.1 Å². The van der Waals surface area contributed by atoms with Crippen LogP contribution in [-0.2, 0) is 0 Å². The first-order valence-corrected chi connectivity index (χ1v) is 4.61. The van der Waals surface area contributed by atoms with Crippen molar-refractivity contribution in [1.82, 2.24) is 9.80 Å². The minimum Gasteiger partial charge on any atom is -0.393 e. The molecule has 0 aromatic carbocycles. The fourth-order valence-corrected chi connectivity index (χ4v) is 1.66. The lowest BCUT2D eigenvalue weighted by molar-refractivity contribution is 0.0310. The van der Waals surface area contributed by atoms with Gasteiger partial charge in [0.15, 0.2) is 0 Å². The van der Waals surface area contributed by atoms with Crippen LogP contribution in [0.25, 0.3) is 0 Å². The van der Waals surface area contributed by atoms with Crippen LogP contribution in [0.15, 0.2) is 0 Å². The lowest BCUT2D eigenvalue weighted by Gasteiger charge is -2.35. The smallest absolute Gasteiger partial charge is 0.319 e. The molecule has 0 radical (unpaired) electrons. The second-order valence-corrected chi connectivity index (χ2v) is 4.05. The van der Waals surface area contributed by atoms with Gasteiger partial charge in [0, 0.05) is 27.7 Å². The van der Waals surface area contributed by atoms with Crippen LogP contribution in [0.3, 0.4) is 0 Å². The topological polar surface area (TPSA) is 43.8 Å². The van der Waals surface area contributed by atoms with Gasteiger partial charge in [0.1, 0.15) is 0 Å². The zero-order chi connectivity index (χ0) is 10.0. The van der Waals surface area contributed by atoms with Gasteiger partial charge in [-0.15, -0.1) is 0 Å². The molecule has 1 N–H and O–H groups in total. The minimum atomic E-state index is -0.132. The molecule has 4 heteroatoms. The zero-order valence-corrected chi connectivity index (χ0v) is 8.53. The molecule has 0 spiro atoms. The predicted molar refractivity (Wildman–Crippen MR) is 50.4 cm³/mol. The van der Waals surface area contributed by atoms with E-state index in [1.165, 1.54) is 0 Å². The van der Waals surface area contributed by atoms with Crippen LogP contribution in [0.5, 0.6) is 0 Å². The Morgan fingerprint density at radius 2 is 1.92 bits per heavy atom. The Balaban J connectivity index is 2.25. The van der Waals surface area contributed by atoms with E-state index in [0.29, 0.717) is 5.92 Å². The van der Waals surface area contributed by atoms with Crippen LogP contribution in [0.1, 0.15) is 12.8 Å². The number of nitrogens with zero attached hydrogens (tertiary/aromatic N) is 2. The van der Waals surface area contributed by atoms with E-state index in [0.717, 1.165) is 19.4 Å². The summed E-state index contributed by atoms with van der Waals surface area (Å²) < 4.78 is 0. The number of aliphatic hydroxyl groups is 1. The molecule has 13 heavy (non-hydrogen) atoms. The number of amides is 2. The summed E-state index contributed by atoms with van der Waals surface area (Å²) >= 11 is 0. The van der Waals surface area contributed by atoms with Crippen molar-refractivity contribution in [3.05, 3.63) is 0 Å². The van der Waals surface area contributed by atoms with Crippen molar-refractivity contribution < 1.29 is 9.90 Å². The van der Waals surface area contributed by atoms with Crippen molar-refractivity contribution in [3.63, 3.8) is 0 Å². The first kappa shape index (κ1) is 10.3. The Hall–Kier alpha value is -0.770. The number of urea groups is 1. The Labute approximate surface area is 79.1 Å². The lowest BCUT2D eigenvalue weighted by atomic mass is 9.82. The molecule has 0 heterocycles. The molecular formula is C9H18N2O2. The second kappa shape index (κ2) is 3.96. The van der Waals surface area contributed by atoms with Gasteiger partial charge in [-0.05, 0) is 18.8 Å². The number of carbonyl (C=O) groups is 1. The summed E-state index contributed by atoms with van der Waals surface area (Å²) in [7, 11) is 5.29. The molecule has 0 saturated heterocycles. The lowest BCUT2D eigenvalue weighted by Crippen LogP contribution is -2.43. The average Bonchev–Trinajstić information content (AvgIpc) is 2.00. The molecule has 4 nitrogen and oxygen atoms in total. The highest BCUT2D eigenvalue weighted by molar-refractivity contribution is 5.73. The van der Waals surface area contributed by atoms with Gasteiger partial charge in [0.05, 0.1) is 6.10 Å². The SMILES string of the molecule is CN(C)C(=O)N(C)CC1CC(O)C1. The number of carbonyl (C=O) groups excluding carboxylic acids is 1. The standard InChI is InChI=1S/C9H18N2O2/c1-10(2)9(13)11(3)6-7-4-8(12)5-7/h7-8,12H,4-6H2,1-3H3. The van der Waals surface area contributed by atoms with Gasteiger partial charge < -0.3 is 14.9 Å². The summed E-state index contributed by atoms with van der Waals surface area (Å²) in [6, 6.07) is 0.0291. The monoisotopic (exact) mass is 186 g/mol. The van der Waals surface area contributed by atoms with Crippen LogP contribution in [0.4, 0.5) is 4.79 Å². The van der Waals surface area contributed by atoms with Crippen molar-refractivity contribution >= 4 is 6.03 Å². The Kier molecular flexibility index (Phi) is 3.14. The summed E-state index contributed by atoms with van der Waals surface area (Å²) in [6.45, 7) is 0.758.